The number of anilines is 1. The van der Waals surface area contributed by atoms with Gasteiger partial charge in [0.1, 0.15) is 11.6 Å². The molecule has 0 saturated heterocycles. The molecule has 1 aromatic rings. The van der Waals surface area contributed by atoms with Crippen molar-refractivity contribution >= 4 is 11.8 Å². The zero-order valence-corrected chi connectivity index (χ0v) is 10.8. The Balaban J connectivity index is 2.31. The highest BCUT2D eigenvalue weighted by Gasteiger charge is 2.36. The molecule has 4 nitrogen and oxygen atoms in total. The Hall–Kier alpha value is -2.02. The number of hydrogen-bond donors (Lipinski definition) is 0. The van der Waals surface area contributed by atoms with Crippen LogP contribution in [0.25, 0.3) is 0 Å². The van der Waals surface area contributed by atoms with E-state index in [4.69, 9.17) is 10.00 Å². The molecule has 1 amide bonds. The largest absolute Gasteiger partial charge is 0.443 e. The molecule has 4 heteroatoms. The molecule has 0 N–H and O–H groups in total. The van der Waals surface area contributed by atoms with Gasteiger partial charge in [-0.05, 0) is 32.4 Å². The molecule has 1 atom stereocenters. The molecule has 94 valence electrons. The summed E-state index contributed by atoms with van der Waals surface area (Å²) in [5.41, 5.74) is 1.22. The lowest BCUT2D eigenvalue weighted by atomic mass is 10.1. The number of nitriles is 1. The topological polar surface area (TPSA) is 53.3 Å². The summed E-state index contributed by atoms with van der Waals surface area (Å²) in [4.78, 5) is 13.6. The van der Waals surface area contributed by atoms with Crippen molar-refractivity contribution in [1.29, 1.82) is 5.26 Å². The van der Waals surface area contributed by atoms with Crippen LogP contribution in [0.2, 0.25) is 0 Å². The van der Waals surface area contributed by atoms with Gasteiger partial charge in [-0.3, -0.25) is 4.90 Å². The van der Waals surface area contributed by atoms with Crippen LogP contribution in [0.5, 0.6) is 0 Å². The van der Waals surface area contributed by atoms with Crippen LogP contribution in [0.1, 0.15) is 26.3 Å². The van der Waals surface area contributed by atoms with Gasteiger partial charge in [0.15, 0.2) is 0 Å². The van der Waals surface area contributed by atoms with E-state index in [1.165, 1.54) is 4.90 Å². The van der Waals surface area contributed by atoms with E-state index in [1.807, 2.05) is 45.0 Å². The lowest BCUT2D eigenvalue weighted by molar-refractivity contribution is 0.0576. The smallest absolute Gasteiger partial charge is 0.415 e. The van der Waals surface area contributed by atoms with Crippen LogP contribution >= 0.6 is 0 Å². The molecule has 2 rings (SSSR count). The molecule has 0 aromatic heterocycles. The number of para-hydroxylation sites is 1. The van der Waals surface area contributed by atoms with Crippen molar-refractivity contribution in [1.82, 2.24) is 0 Å². The maximum atomic E-state index is 12.1. The fraction of sp³-hybridized carbons (Fsp3) is 0.429. The zero-order valence-electron chi connectivity index (χ0n) is 10.8. The van der Waals surface area contributed by atoms with Crippen LogP contribution in [0.4, 0.5) is 10.5 Å². The van der Waals surface area contributed by atoms with Gasteiger partial charge in [0, 0.05) is 6.42 Å². The summed E-state index contributed by atoms with van der Waals surface area (Å²) in [5.74, 6) is 0. The second kappa shape index (κ2) is 4.34. The van der Waals surface area contributed by atoms with Crippen molar-refractivity contribution in [3.05, 3.63) is 29.8 Å². The molecule has 1 aromatic carbocycles. The van der Waals surface area contributed by atoms with E-state index in [-0.39, 0.29) is 0 Å². The molecule has 0 saturated carbocycles. The second-order valence-electron chi connectivity index (χ2n) is 5.33. The van der Waals surface area contributed by atoms with E-state index >= 15 is 0 Å². The number of benzene rings is 1. The van der Waals surface area contributed by atoms with Gasteiger partial charge < -0.3 is 4.74 Å². The van der Waals surface area contributed by atoms with Gasteiger partial charge in [-0.25, -0.2) is 4.79 Å². The lowest BCUT2D eigenvalue weighted by Gasteiger charge is -2.26. The normalized spacial score (nSPS) is 18.1. The number of hydrogen-bond acceptors (Lipinski definition) is 3. The highest BCUT2D eigenvalue weighted by Crippen LogP contribution is 2.32. The van der Waals surface area contributed by atoms with E-state index < -0.39 is 17.7 Å². The summed E-state index contributed by atoms with van der Waals surface area (Å²) in [6.07, 6.45) is 0.102. The molecule has 1 heterocycles. The Labute approximate surface area is 107 Å². The molecule has 18 heavy (non-hydrogen) atoms. The summed E-state index contributed by atoms with van der Waals surface area (Å²) in [6, 6.07) is 9.22. The standard InChI is InChI=1S/C14H16N2O2/c1-14(2,3)18-13(17)16-11(9-15)8-10-6-4-5-7-12(10)16/h4-7,11H,8H2,1-3H3. The van der Waals surface area contributed by atoms with Crippen LogP contribution in [0.15, 0.2) is 24.3 Å². The molecule has 0 aliphatic carbocycles. The van der Waals surface area contributed by atoms with Gasteiger partial charge in [-0.1, -0.05) is 18.2 Å². The third kappa shape index (κ3) is 2.30. The van der Waals surface area contributed by atoms with Gasteiger partial charge >= 0.3 is 6.09 Å². The maximum Gasteiger partial charge on any atom is 0.415 e. The number of carbonyl (C=O) groups is 1. The molecule has 0 radical (unpaired) electrons. The van der Waals surface area contributed by atoms with Crippen molar-refractivity contribution in [2.45, 2.75) is 38.8 Å². The fourth-order valence-electron chi connectivity index (χ4n) is 2.03. The highest BCUT2D eigenvalue weighted by molar-refractivity contribution is 5.92. The summed E-state index contributed by atoms with van der Waals surface area (Å²) in [6.45, 7) is 5.44. The van der Waals surface area contributed by atoms with Gasteiger partial charge in [0.05, 0.1) is 11.8 Å². The summed E-state index contributed by atoms with van der Waals surface area (Å²) in [7, 11) is 0. The first-order valence-electron chi connectivity index (χ1n) is 5.92. The van der Waals surface area contributed by atoms with Gasteiger partial charge in [-0.2, -0.15) is 5.26 Å². The van der Waals surface area contributed by atoms with Crippen molar-refractivity contribution in [2.24, 2.45) is 0 Å². The Morgan fingerprint density at radius 1 is 1.44 bits per heavy atom. The maximum absolute atomic E-state index is 12.1. The minimum absolute atomic E-state index is 0.459. The van der Waals surface area contributed by atoms with E-state index in [1.54, 1.807) is 0 Å². The number of carbonyl (C=O) groups excluding carboxylic acids is 1. The Kier molecular flexibility index (Phi) is 3.00. The van der Waals surface area contributed by atoms with Gasteiger partial charge in [-0.15, -0.1) is 0 Å². The van der Waals surface area contributed by atoms with Gasteiger partial charge in [0.2, 0.25) is 0 Å². The van der Waals surface area contributed by atoms with E-state index in [0.29, 0.717) is 6.42 Å². The van der Waals surface area contributed by atoms with Crippen molar-refractivity contribution in [3.63, 3.8) is 0 Å². The third-order valence-corrected chi connectivity index (χ3v) is 2.72. The van der Waals surface area contributed by atoms with Crippen LogP contribution in [0, 0.1) is 11.3 Å². The molecule has 1 unspecified atom stereocenters. The van der Waals surface area contributed by atoms with Crippen LogP contribution in [0.3, 0.4) is 0 Å². The number of fused-ring (bicyclic) bond motifs is 1. The first-order valence-corrected chi connectivity index (χ1v) is 5.92. The van der Waals surface area contributed by atoms with Crippen LogP contribution < -0.4 is 4.90 Å². The van der Waals surface area contributed by atoms with Crippen molar-refractivity contribution in [2.75, 3.05) is 4.90 Å². The second-order valence-corrected chi connectivity index (χ2v) is 5.33. The Bertz CT molecular complexity index is 511. The van der Waals surface area contributed by atoms with Crippen LogP contribution in [-0.2, 0) is 11.2 Å². The Morgan fingerprint density at radius 3 is 2.72 bits per heavy atom. The van der Waals surface area contributed by atoms with E-state index in [9.17, 15) is 4.79 Å². The monoisotopic (exact) mass is 244 g/mol. The fourth-order valence-corrected chi connectivity index (χ4v) is 2.03. The van der Waals surface area contributed by atoms with E-state index in [2.05, 4.69) is 6.07 Å². The quantitative estimate of drug-likeness (QED) is 0.705. The average Bonchev–Trinajstić information content (AvgIpc) is 2.64. The molecule has 0 bridgehead atoms. The summed E-state index contributed by atoms with van der Waals surface area (Å²) < 4.78 is 5.35. The molecule has 1 aliphatic heterocycles. The first kappa shape index (κ1) is 12.4. The predicted molar refractivity (Wildman–Crippen MR) is 68.3 cm³/mol. The van der Waals surface area contributed by atoms with Crippen LogP contribution in [-0.4, -0.2) is 17.7 Å². The molecule has 0 fully saturated rings. The average molecular weight is 244 g/mol. The summed E-state index contributed by atoms with van der Waals surface area (Å²) in [5, 5.41) is 9.16. The lowest BCUT2D eigenvalue weighted by Crippen LogP contribution is -2.40. The molecule has 1 aliphatic rings. The predicted octanol–water partition coefficient (Wildman–Crippen LogP) is 2.88. The SMILES string of the molecule is CC(C)(C)OC(=O)N1c2ccccc2CC1C#N. The first-order chi connectivity index (χ1) is 8.42. The van der Waals surface area contributed by atoms with Crippen molar-refractivity contribution in [3.8, 4) is 6.07 Å². The number of nitrogens with zero attached hydrogens (tertiary/aromatic N) is 2. The number of amides is 1. The van der Waals surface area contributed by atoms with Gasteiger partial charge in [0.25, 0.3) is 0 Å². The third-order valence-electron chi connectivity index (χ3n) is 2.72. The van der Waals surface area contributed by atoms with Crippen molar-refractivity contribution < 1.29 is 9.53 Å². The van der Waals surface area contributed by atoms with E-state index in [0.717, 1.165) is 11.3 Å². The molecule has 0 spiro atoms. The highest BCUT2D eigenvalue weighted by atomic mass is 16.6. The Morgan fingerprint density at radius 2 is 2.11 bits per heavy atom. The molecular weight excluding hydrogens is 228 g/mol. The number of rotatable bonds is 0. The minimum Gasteiger partial charge on any atom is -0.443 e. The zero-order chi connectivity index (χ0) is 13.3. The number of ether oxygens (including phenoxy) is 1. The minimum atomic E-state index is -0.561. The summed E-state index contributed by atoms with van der Waals surface area (Å²) >= 11 is 0. The molecular formula is C14H16N2O2.